The molecule has 0 saturated carbocycles. The lowest BCUT2D eigenvalue weighted by Crippen LogP contribution is -2.51. The number of rotatable bonds is 3. The summed E-state index contributed by atoms with van der Waals surface area (Å²) in [6.07, 6.45) is 6.02. The average Bonchev–Trinajstić information content (AvgIpc) is 2.70. The number of H-pyrrole nitrogens is 1. The van der Waals surface area contributed by atoms with Gasteiger partial charge in [-0.1, -0.05) is 20.8 Å². The fraction of sp³-hybridized carbons (Fsp3) is 0.571. The number of nitrogens with one attached hydrogen (secondary N) is 1. The van der Waals surface area contributed by atoms with Crippen LogP contribution in [0.1, 0.15) is 32.8 Å². The molecule has 1 N–H and O–H groups in total. The molecule has 1 fully saturated rings. The van der Waals surface area contributed by atoms with Crippen LogP contribution in [0.2, 0.25) is 0 Å². The van der Waals surface area contributed by atoms with Crippen molar-refractivity contribution in [1.82, 2.24) is 15.0 Å². The van der Waals surface area contributed by atoms with Crippen LogP contribution in [0, 0.1) is 5.92 Å². The van der Waals surface area contributed by atoms with Crippen LogP contribution in [0.3, 0.4) is 0 Å². The summed E-state index contributed by atoms with van der Waals surface area (Å²) in [7, 11) is 0. The second kappa shape index (κ2) is 4.26. The van der Waals surface area contributed by atoms with Crippen LogP contribution < -0.4 is 4.90 Å². The summed E-state index contributed by atoms with van der Waals surface area (Å²) in [5.74, 6) is 1.79. The molecule has 0 spiro atoms. The summed E-state index contributed by atoms with van der Waals surface area (Å²) in [5, 5.41) is 1.21. The highest BCUT2D eigenvalue weighted by molar-refractivity contribution is 5.91. The van der Waals surface area contributed by atoms with Crippen LogP contribution in [0.15, 0.2) is 12.5 Å². The lowest BCUT2D eigenvalue weighted by atomic mass is 9.91. The fourth-order valence-electron chi connectivity index (χ4n) is 2.87. The highest BCUT2D eigenvalue weighted by Gasteiger charge is 2.33. The van der Waals surface area contributed by atoms with Crippen molar-refractivity contribution in [1.29, 1.82) is 0 Å². The van der Waals surface area contributed by atoms with Gasteiger partial charge in [0.2, 0.25) is 0 Å². The number of aryl methyl sites for hydroxylation is 1. The topological polar surface area (TPSA) is 44.8 Å². The normalized spacial score (nSPS) is 19.6. The minimum atomic E-state index is 0.628. The molecule has 1 aliphatic rings. The van der Waals surface area contributed by atoms with Crippen molar-refractivity contribution in [2.24, 2.45) is 5.92 Å². The minimum Gasteiger partial charge on any atom is -0.353 e. The Labute approximate surface area is 107 Å². The van der Waals surface area contributed by atoms with Crippen molar-refractivity contribution in [2.45, 2.75) is 39.7 Å². The number of aromatic nitrogens is 3. The van der Waals surface area contributed by atoms with Gasteiger partial charge in [-0.3, -0.25) is 0 Å². The third-order valence-corrected chi connectivity index (χ3v) is 4.02. The van der Waals surface area contributed by atoms with Gasteiger partial charge < -0.3 is 9.88 Å². The van der Waals surface area contributed by atoms with Gasteiger partial charge in [0.1, 0.15) is 17.8 Å². The Bertz CT molecular complexity index is 558. The van der Waals surface area contributed by atoms with Gasteiger partial charge in [-0.25, -0.2) is 9.97 Å². The van der Waals surface area contributed by atoms with Crippen LogP contribution >= 0.6 is 0 Å². The van der Waals surface area contributed by atoms with Crippen LogP contribution in [-0.4, -0.2) is 27.5 Å². The Morgan fingerprint density at radius 1 is 1.44 bits per heavy atom. The van der Waals surface area contributed by atoms with Crippen LogP contribution in [0.4, 0.5) is 5.82 Å². The molecule has 1 unspecified atom stereocenters. The quantitative estimate of drug-likeness (QED) is 0.903. The molecule has 0 bridgehead atoms. The summed E-state index contributed by atoms with van der Waals surface area (Å²) in [6.45, 7) is 7.86. The zero-order chi connectivity index (χ0) is 12.7. The smallest absolute Gasteiger partial charge is 0.143 e. The fourth-order valence-corrected chi connectivity index (χ4v) is 2.87. The summed E-state index contributed by atoms with van der Waals surface area (Å²) in [4.78, 5) is 14.5. The molecule has 2 aromatic heterocycles. The number of anilines is 1. The maximum Gasteiger partial charge on any atom is 0.143 e. The number of fused-ring (bicyclic) bond motifs is 1. The number of nitrogens with zero attached hydrogens (tertiary/aromatic N) is 3. The maximum atomic E-state index is 4.54. The van der Waals surface area contributed by atoms with E-state index in [0.717, 1.165) is 24.4 Å². The highest BCUT2D eigenvalue weighted by atomic mass is 15.3. The first-order chi connectivity index (χ1) is 8.72. The van der Waals surface area contributed by atoms with E-state index in [1.54, 1.807) is 6.33 Å². The van der Waals surface area contributed by atoms with E-state index in [4.69, 9.17) is 0 Å². The molecule has 0 amide bonds. The van der Waals surface area contributed by atoms with E-state index < -0.39 is 0 Å². The van der Waals surface area contributed by atoms with Crippen molar-refractivity contribution in [2.75, 3.05) is 11.4 Å². The van der Waals surface area contributed by atoms with Gasteiger partial charge in [-0.15, -0.1) is 0 Å². The predicted octanol–water partition coefficient (Wildman–Crippen LogP) is 2.76. The maximum absolute atomic E-state index is 4.54. The first kappa shape index (κ1) is 11.5. The van der Waals surface area contributed by atoms with Gasteiger partial charge in [-0.2, -0.15) is 0 Å². The standard InChI is InChI=1S/C14H20N4/c1-4-10-7-15-13-12(10)14(17-8-16-13)18-6-5-11(18)9(2)3/h7-9,11H,4-6H2,1-3H3,(H,15,16,17). The lowest BCUT2D eigenvalue weighted by Gasteiger charge is -2.44. The van der Waals surface area contributed by atoms with Gasteiger partial charge in [0, 0.05) is 18.8 Å². The molecule has 0 radical (unpaired) electrons. The third kappa shape index (κ3) is 1.59. The van der Waals surface area contributed by atoms with E-state index in [1.165, 1.54) is 17.4 Å². The second-order valence-corrected chi connectivity index (χ2v) is 5.38. The summed E-state index contributed by atoms with van der Waals surface area (Å²) in [5.41, 5.74) is 2.28. The summed E-state index contributed by atoms with van der Waals surface area (Å²) in [6, 6.07) is 0.628. The summed E-state index contributed by atoms with van der Waals surface area (Å²) >= 11 is 0. The Morgan fingerprint density at radius 3 is 2.89 bits per heavy atom. The van der Waals surface area contributed by atoms with Crippen molar-refractivity contribution in [3.8, 4) is 0 Å². The van der Waals surface area contributed by atoms with Crippen molar-refractivity contribution < 1.29 is 0 Å². The molecule has 0 aromatic carbocycles. The largest absolute Gasteiger partial charge is 0.353 e. The number of aromatic amines is 1. The average molecular weight is 244 g/mol. The van der Waals surface area contributed by atoms with Crippen LogP contribution in [0.5, 0.6) is 0 Å². The molecule has 4 nitrogen and oxygen atoms in total. The molecular weight excluding hydrogens is 224 g/mol. The lowest BCUT2D eigenvalue weighted by molar-refractivity contribution is 0.350. The van der Waals surface area contributed by atoms with E-state index in [2.05, 4.69) is 46.8 Å². The van der Waals surface area contributed by atoms with E-state index in [-0.39, 0.29) is 0 Å². The van der Waals surface area contributed by atoms with Gasteiger partial charge >= 0.3 is 0 Å². The molecule has 96 valence electrons. The van der Waals surface area contributed by atoms with Crippen LogP contribution in [0.25, 0.3) is 11.0 Å². The van der Waals surface area contributed by atoms with Gasteiger partial charge in [0.25, 0.3) is 0 Å². The first-order valence-electron chi connectivity index (χ1n) is 6.80. The molecule has 18 heavy (non-hydrogen) atoms. The Morgan fingerprint density at radius 2 is 2.28 bits per heavy atom. The molecule has 0 aliphatic carbocycles. The molecule has 4 heteroatoms. The number of hydrogen-bond acceptors (Lipinski definition) is 3. The highest BCUT2D eigenvalue weighted by Crippen LogP contribution is 2.34. The Hall–Kier alpha value is -1.58. The van der Waals surface area contributed by atoms with Gasteiger partial charge in [-0.05, 0) is 24.3 Å². The van der Waals surface area contributed by atoms with E-state index in [9.17, 15) is 0 Å². The zero-order valence-electron chi connectivity index (χ0n) is 11.3. The minimum absolute atomic E-state index is 0.628. The second-order valence-electron chi connectivity index (χ2n) is 5.38. The predicted molar refractivity (Wildman–Crippen MR) is 73.9 cm³/mol. The van der Waals surface area contributed by atoms with Gasteiger partial charge in [0.15, 0.2) is 0 Å². The monoisotopic (exact) mass is 244 g/mol. The summed E-state index contributed by atoms with van der Waals surface area (Å²) < 4.78 is 0. The van der Waals surface area contributed by atoms with Crippen molar-refractivity contribution in [3.63, 3.8) is 0 Å². The molecule has 3 heterocycles. The Kier molecular flexibility index (Phi) is 2.73. The van der Waals surface area contributed by atoms with E-state index in [0.29, 0.717) is 12.0 Å². The van der Waals surface area contributed by atoms with E-state index in [1.807, 2.05) is 0 Å². The SMILES string of the molecule is CCc1c[nH]c2ncnc(N3CCC3C(C)C)c12. The zero-order valence-corrected chi connectivity index (χ0v) is 11.3. The molecule has 1 aliphatic heterocycles. The van der Waals surface area contributed by atoms with Gasteiger partial charge in [0.05, 0.1) is 5.39 Å². The van der Waals surface area contributed by atoms with Crippen molar-refractivity contribution >= 4 is 16.9 Å². The molecule has 2 aromatic rings. The molecule has 1 atom stereocenters. The molecule has 1 saturated heterocycles. The van der Waals surface area contributed by atoms with E-state index >= 15 is 0 Å². The number of hydrogen-bond donors (Lipinski definition) is 1. The Balaban J connectivity index is 2.08. The van der Waals surface area contributed by atoms with Crippen LogP contribution in [-0.2, 0) is 6.42 Å². The molecule has 3 rings (SSSR count). The molecular formula is C14H20N4. The van der Waals surface area contributed by atoms with Crippen molar-refractivity contribution in [3.05, 3.63) is 18.1 Å². The first-order valence-corrected chi connectivity index (χ1v) is 6.80. The third-order valence-electron chi connectivity index (χ3n) is 4.02.